The van der Waals surface area contributed by atoms with Gasteiger partial charge in [-0.2, -0.15) is 0 Å². The molecule has 0 bridgehead atoms. The summed E-state index contributed by atoms with van der Waals surface area (Å²) in [7, 11) is 0. The fourth-order valence-corrected chi connectivity index (χ4v) is 4.13. The molecule has 0 unspecified atom stereocenters. The molecule has 0 radical (unpaired) electrons. The lowest BCUT2D eigenvalue weighted by Crippen LogP contribution is -2.45. The zero-order valence-corrected chi connectivity index (χ0v) is 18.3. The SMILES string of the molecule is CCOC(=O)/C=c1\s/c(=C\c2ccc(Br)cc2)c(=O)n1CC(=O)N1CCOCC1. The van der Waals surface area contributed by atoms with Gasteiger partial charge in [0.15, 0.2) is 0 Å². The van der Waals surface area contributed by atoms with Gasteiger partial charge in [0.1, 0.15) is 11.2 Å². The molecule has 0 saturated carbocycles. The van der Waals surface area contributed by atoms with Crippen LogP contribution in [-0.2, 0) is 25.6 Å². The minimum atomic E-state index is -0.545. The van der Waals surface area contributed by atoms with E-state index in [1.54, 1.807) is 17.9 Å². The molecule has 0 N–H and O–H groups in total. The summed E-state index contributed by atoms with van der Waals surface area (Å²) in [5.41, 5.74) is 0.538. The molecule has 154 valence electrons. The molecule has 3 rings (SSSR count). The Bertz CT molecular complexity index is 1050. The molecule has 2 heterocycles. The maximum Gasteiger partial charge on any atom is 0.333 e. The van der Waals surface area contributed by atoms with E-state index >= 15 is 0 Å². The van der Waals surface area contributed by atoms with Crippen molar-refractivity contribution < 1.29 is 19.1 Å². The largest absolute Gasteiger partial charge is 0.463 e. The monoisotopic (exact) mass is 480 g/mol. The van der Waals surface area contributed by atoms with Gasteiger partial charge in [-0.25, -0.2) is 4.79 Å². The molecular formula is C20H21BrN2O5S. The Morgan fingerprint density at radius 1 is 1.24 bits per heavy atom. The Labute approximate surface area is 180 Å². The minimum absolute atomic E-state index is 0.130. The standard InChI is InChI=1S/C20H21BrN2O5S/c1-2-28-19(25)12-18-23(13-17(24)22-7-9-27-10-8-22)20(26)16(29-18)11-14-3-5-15(21)6-4-14/h3-6,11-12H,2,7-10,13H2,1H3/b16-11-,18-12-. The van der Waals surface area contributed by atoms with E-state index in [2.05, 4.69) is 15.9 Å². The number of carbonyl (C=O) groups excluding carboxylic acids is 2. The molecule has 9 heteroatoms. The van der Waals surface area contributed by atoms with E-state index in [1.807, 2.05) is 24.3 Å². The summed E-state index contributed by atoms with van der Waals surface area (Å²) < 4.78 is 13.3. The average Bonchev–Trinajstić information content (AvgIpc) is 2.99. The fraction of sp³-hybridized carbons (Fsp3) is 0.350. The summed E-state index contributed by atoms with van der Waals surface area (Å²) >= 11 is 4.54. The van der Waals surface area contributed by atoms with Crippen LogP contribution in [0.25, 0.3) is 12.2 Å². The van der Waals surface area contributed by atoms with Crippen molar-refractivity contribution in [1.82, 2.24) is 9.47 Å². The van der Waals surface area contributed by atoms with Crippen molar-refractivity contribution in [2.75, 3.05) is 32.9 Å². The smallest absolute Gasteiger partial charge is 0.333 e. The van der Waals surface area contributed by atoms with Crippen LogP contribution in [0.1, 0.15) is 12.5 Å². The van der Waals surface area contributed by atoms with E-state index in [-0.39, 0.29) is 24.6 Å². The highest BCUT2D eigenvalue weighted by Crippen LogP contribution is 2.10. The van der Waals surface area contributed by atoms with Crippen LogP contribution < -0.4 is 14.8 Å². The van der Waals surface area contributed by atoms with E-state index in [4.69, 9.17) is 9.47 Å². The summed E-state index contributed by atoms with van der Waals surface area (Å²) in [6, 6.07) is 7.51. The molecule has 0 aliphatic carbocycles. The lowest BCUT2D eigenvalue weighted by Gasteiger charge is -2.26. The molecule has 1 aliphatic rings. The van der Waals surface area contributed by atoms with Gasteiger partial charge in [-0.1, -0.05) is 28.1 Å². The highest BCUT2D eigenvalue weighted by atomic mass is 79.9. The zero-order chi connectivity index (χ0) is 20.8. The summed E-state index contributed by atoms with van der Waals surface area (Å²) in [5.74, 6) is -0.724. The van der Waals surface area contributed by atoms with Crippen molar-refractivity contribution in [1.29, 1.82) is 0 Å². The highest BCUT2D eigenvalue weighted by molar-refractivity contribution is 9.10. The van der Waals surface area contributed by atoms with Gasteiger partial charge in [0, 0.05) is 17.6 Å². The molecule has 29 heavy (non-hydrogen) atoms. The van der Waals surface area contributed by atoms with Gasteiger partial charge in [0.25, 0.3) is 5.56 Å². The summed E-state index contributed by atoms with van der Waals surface area (Å²) in [5, 5.41) is 0. The molecular weight excluding hydrogens is 460 g/mol. The van der Waals surface area contributed by atoms with Crippen molar-refractivity contribution in [3.8, 4) is 0 Å². The van der Waals surface area contributed by atoms with E-state index in [1.165, 1.54) is 10.6 Å². The van der Waals surface area contributed by atoms with E-state index in [0.717, 1.165) is 21.4 Å². The Morgan fingerprint density at radius 2 is 1.93 bits per heavy atom. The zero-order valence-electron chi connectivity index (χ0n) is 15.9. The third kappa shape index (κ3) is 5.65. The predicted molar refractivity (Wildman–Crippen MR) is 114 cm³/mol. The number of rotatable bonds is 5. The van der Waals surface area contributed by atoms with Gasteiger partial charge in [-0.15, -0.1) is 11.3 Å². The number of esters is 1. The number of halogens is 1. The Kier molecular flexibility index (Phi) is 7.40. The normalized spacial score (nSPS) is 15.6. The quantitative estimate of drug-likeness (QED) is 0.588. The molecule has 1 fully saturated rings. The van der Waals surface area contributed by atoms with Crippen LogP contribution in [0, 0.1) is 0 Å². The van der Waals surface area contributed by atoms with Crippen LogP contribution >= 0.6 is 27.3 Å². The molecule has 1 saturated heterocycles. The molecule has 1 aliphatic heterocycles. The van der Waals surface area contributed by atoms with E-state index in [9.17, 15) is 14.4 Å². The first-order valence-corrected chi connectivity index (χ1v) is 10.8. The van der Waals surface area contributed by atoms with Crippen LogP contribution in [0.4, 0.5) is 0 Å². The van der Waals surface area contributed by atoms with Crippen LogP contribution in [0.2, 0.25) is 0 Å². The van der Waals surface area contributed by atoms with Crippen LogP contribution in [0.15, 0.2) is 33.5 Å². The maximum atomic E-state index is 13.0. The first kappa shape index (κ1) is 21.5. The third-order valence-corrected chi connectivity index (χ3v) is 5.88. The van der Waals surface area contributed by atoms with Crippen LogP contribution in [-0.4, -0.2) is 54.3 Å². The van der Waals surface area contributed by atoms with E-state index in [0.29, 0.717) is 35.5 Å². The number of amides is 1. The number of thiazole rings is 1. The number of morpholine rings is 1. The van der Waals surface area contributed by atoms with E-state index < -0.39 is 5.97 Å². The lowest BCUT2D eigenvalue weighted by atomic mass is 10.2. The Balaban J connectivity index is 2.01. The summed E-state index contributed by atoms with van der Waals surface area (Å²) in [4.78, 5) is 39.3. The van der Waals surface area contributed by atoms with Crippen molar-refractivity contribution in [2.24, 2.45) is 0 Å². The lowest BCUT2D eigenvalue weighted by molar-refractivity contribution is -0.136. The van der Waals surface area contributed by atoms with Crippen molar-refractivity contribution in [3.63, 3.8) is 0 Å². The van der Waals surface area contributed by atoms with Gasteiger partial charge in [-0.05, 0) is 30.7 Å². The number of aromatic nitrogens is 1. The highest BCUT2D eigenvalue weighted by Gasteiger charge is 2.19. The van der Waals surface area contributed by atoms with Crippen molar-refractivity contribution >= 4 is 51.3 Å². The van der Waals surface area contributed by atoms with Crippen LogP contribution in [0.3, 0.4) is 0 Å². The first-order chi connectivity index (χ1) is 14.0. The van der Waals surface area contributed by atoms with Crippen molar-refractivity contribution in [2.45, 2.75) is 13.5 Å². The molecule has 2 aromatic rings. The summed E-state index contributed by atoms with van der Waals surface area (Å²) in [6.07, 6.45) is 3.01. The van der Waals surface area contributed by atoms with Gasteiger partial charge < -0.3 is 14.4 Å². The second-order valence-corrected chi connectivity index (χ2v) is 8.26. The molecule has 1 aromatic heterocycles. The number of ether oxygens (including phenoxy) is 2. The predicted octanol–water partition coefficient (Wildman–Crippen LogP) is 0.704. The van der Waals surface area contributed by atoms with Gasteiger partial charge in [-0.3, -0.25) is 14.2 Å². The third-order valence-electron chi connectivity index (χ3n) is 4.29. The molecule has 0 atom stereocenters. The molecule has 1 aromatic carbocycles. The van der Waals surface area contributed by atoms with Gasteiger partial charge in [0.2, 0.25) is 5.91 Å². The average molecular weight is 481 g/mol. The maximum absolute atomic E-state index is 13.0. The number of hydrogen-bond donors (Lipinski definition) is 0. The molecule has 7 nitrogen and oxygen atoms in total. The first-order valence-electron chi connectivity index (χ1n) is 9.19. The summed E-state index contributed by atoms with van der Waals surface area (Å²) in [6.45, 7) is 3.76. The number of hydrogen-bond acceptors (Lipinski definition) is 6. The second-order valence-electron chi connectivity index (χ2n) is 6.28. The van der Waals surface area contributed by atoms with Gasteiger partial charge in [0.05, 0.1) is 30.4 Å². The number of nitrogens with zero attached hydrogens (tertiary/aromatic N) is 2. The molecule has 0 spiro atoms. The Morgan fingerprint density at radius 3 is 2.59 bits per heavy atom. The Hall–Kier alpha value is -2.23. The van der Waals surface area contributed by atoms with Crippen LogP contribution in [0.5, 0.6) is 0 Å². The number of carbonyl (C=O) groups is 2. The van der Waals surface area contributed by atoms with Crippen molar-refractivity contribution in [3.05, 3.63) is 53.9 Å². The minimum Gasteiger partial charge on any atom is -0.463 e. The second kappa shape index (κ2) is 10.00. The van der Waals surface area contributed by atoms with Gasteiger partial charge >= 0.3 is 5.97 Å². The number of benzene rings is 1. The topological polar surface area (TPSA) is 77.8 Å². The fourth-order valence-electron chi connectivity index (χ4n) is 2.84. The molecule has 1 amide bonds.